The zero-order chi connectivity index (χ0) is 20.1. The molecular weight excluding hydrogens is 386 g/mol. The Bertz CT molecular complexity index is 1150. The van der Waals surface area contributed by atoms with Gasteiger partial charge in [0.25, 0.3) is 0 Å². The van der Waals surface area contributed by atoms with Gasteiger partial charge in [0.15, 0.2) is 0 Å². The highest BCUT2D eigenvalue weighted by Gasteiger charge is 2.43. The van der Waals surface area contributed by atoms with E-state index in [1.165, 1.54) is 5.69 Å². The van der Waals surface area contributed by atoms with Crippen LogP contribution in [0.5, 0.6) is 5.75 Å². The van der Waals surface area contributed by atoms with Crippen molar-refractivity contribution in [3.05, 3.63) is 72.6 Å². The largest absolute Gasteiger partial charge is 0.497 e. The van der Waals surface area contributed by atoms with Gasteiger partial charge in [-0.2, -0.15) is 4.31 Å². The second kappa shape index (κ2) is 6.64. The van der Waals surface area contributed by atoms with Crippen molar-refractivity contribution in [2.24, 2.45) is 0 Å². The van der Waals surface area contributed by atoms with Crippen LogP contribution in [0.1, 0.15) is 18.5 Å². The summed E-state index contributed by atoms with van der Waals surface area (Å²) in [6.45, 7) is 0.934. The summed E-state index contributed by atoms with van der Waals surface area (Å²) in [6, 6.07) is 18.9. The van der Waals surface area contributed by atoms with Gasteiger partial charge in [0.1, 0.15) is 5.75 Å². The molecule has 0 aliphatic carbocycles. The van der Waals surface area contributed by atoms with Gasteiger partial charge in [0.05, 0.1) is 28.9 Å². The van der Waals surface area contributed by atoms with Crippen molar-refractivity contribution in [3.63, 3.8) is 0 Å². The summed E-state index contributed by atoms with van der Waals surface area (Å²) in [7, 11) is -1.81. The average Bonchev–Trinajstić information content (AvgIpc) is 3.26. The Morgan fingerprint density at radius 2 is 1.76 bits per heavy atom. The first-order valence-electron chi connectivity index (χ1n) is 9.73. The lowest BCUT2D eigenvalue weighted by molar-refractivity contribution is 0.247. The summed E-state index contributed by atoms with van der Waals surface area (Å²) in [4.78, 5) is 0.353. The van der Waals surface area contributed by atoms with Gasteiger partial charge in [-0.25, -0.2) is 8.42 Å². The van der Waals surface area contributed by atoms with Crippen molar-refractivity contribution in [1.82, 2.24) is 8.87 Å². The average molecular weight is 410 g/mol. The quantitative estimate of drug-likeness (QED) is 0.718. The van der Waals surface area contributed by atoms with Gasteiger partial charge in [0, 0.05) is 31.0 Å². The predicted molar refractivity (Wildman–Crippen MR) is 112 cm³/mol. The van der Waals surface area contributed by atoms with Crippen LogP contribution in [0, 0.1) is 0 Å². The minimum atomic E-state index is -3.47. The zero-order valence-electron chi connectivity index (χ0n) is 16.2. The highest BCUT2D eigenvalue weighted by molar-refractivity contribution is 7.89. The van der Waals surface area contributed by atoms with Crippen LogP contribution in [0.25, 0.3) is 5.69 Å². The zero-order valence-corrected chi connectivity index (χ0v) is 17.0. The molecular formula is C22H23N3O3S. The maximum Gasteiger partial charge on any atom is 0.243 e. The molecule has 2 aliphatic rings. The monoisotopic (exact) mass is 409 g/mol. The van der Waals surface area contributed by atoms with E-state index >= 15 is 0 Å². The van der Waals surface area contributed by atoms with Crippen molar-refractivity contribution < 1.29 is 13.2 Å². The van der Waals surface area contributed by atoms with Crippen LogP contribution in [0.4, 0.5) is 5.69 Å². The third-order valence-electron chi connectivity index (χ3n) is 6.03. The predicted octanol–water partition coefficient (Wildman–Crippen LogP) is 3.59. The van der Waals surface area contributed by atoms with Crippen LogP contribution in [0.15, 0.2) is 71.8 Å². The van der Waals surface area contributed by atoms with E-state index < -0.39 is 10.0 Å². The number of piperidine rings is 1. The van der Waals surface area contributed by atoms with Crippen LogP contribution in [-0.4, -0.2) is 37.5 Å². The van der Waals surface area contributed by atoms with Crippen molar-refractivity contribution in [3.8, 4) is 11.4 Å². The summed E-state index contributed by atoms with van der Waals surface area (Å²) in [5.41, 5.74) is 2.96. The molecule has 6 nitrogen and oxygen atoms in total. The smallest absolute Gasteiger partial charge is 0.243 e. The van der Waals surface area contributed by atoms with Gasteiger partial charge in [-0.05, 0) is 49.2 Å². The maximum atomic E-state index is 13.0. The lowest BCUT2D eigenvalue weighted by Gasteiger charge is -2.46. The molecule has 29 heavy (non-hydrogen) atoms. The number of anilines is 1. The molecule has 7 heteroatoms. The Kier molecular flexibility index (Phi) is 4.18. The summed E-state index contributed by atoms with van der Waals surface area (Å²) < 4.78 is 35.2. The van der Waals surface area contributed by atoms with E-state index in [0.29, 0.717) is 30.8 Å². The number of fused-ring (bicyclic) bond motifs is 4. The van der Waals surface area contributed by atoms with E-state index in [1.54, 1.807) is 35.7 Å². The molecule has 3 aromatic rings. The standard InChI is InChI=1S/C22H23N3O3S/c1-28-17-9-10-20-19(16-17)23-22(21-8-5-13-25(20)21)11-14-24(15-12-22)29(26,27)18-6-3-2-4-7-18/h2-10,13,16,23H,11-12,14-15H2,1H3. The third kappa shape index (κ3) is 2.84. The number of benzene rings is 2. The van der Waals surface area contributed by atoms with E-state index in [2.05, 4.69) is 22.1 Å². The van der Waals surface area contributed by atoms with Gasteiger partial charge in [-0.15, -0.1) is 0 Å². The molecule has 0 saturated carbocycles. The number of aromatic nitrogens is 1. The van der Waals surface area contributed by atoms with Crippen molar-refractivity contribution in [2.45, 2.75) is 23.3 Å². The second-order valence-corrected chi connectivity index (χ2v) is 9.51. The first-order valence-corrected chi connectivity index (χ1v) is 11.2. The molecule has 2 aromatic carbocycles. The summed E-state index contributed by atoms with van der Waals surface area (Å²) in [6.07, 6.45) is 3.45. The molecule has 1 fully saturated rings. The molecule has 3 heterocycles. The highest BCUT2D eigenvalue weighted by Crippen LogP contribution is 2.44. The molecule has 1 N–H and O–H groups in total. The van der Waals surface area contributed by atoms with Crippen LogP contribution >= 0.6 is 0 Å². The fraction of sp³-hybridized carbons (Fsp3) is 0.273. The number of hydrogen-bond donors (Lipinski definition) is 1. The Morgan fingerprint density at radius 1 is 1.00 bits per heavy atom. The minimum Gasteiger partial charge on any atom is -0.497 e. The molecule has 150 valence electrons. The number of rotatable bonds is 3. The minimum absolute atomic E-state index is 0.300. The Morgan fingerprint density at radius 3 is 2.48 bits per heavy atom. The molecule has 1 spiro atoms. The fourth-order valence-electron chi connectivity index (χ4n) is 4.49. The van der Waals surface area contributed by atoms with Gasteiger partial charge in [-0.1, -0.05) is 18.2 Å². The number of nitrogens with zero attached hydrogens (tertiary/aromatic N) is 2. The topological polar surface area (TPSA) is 63.6 Å². The van der Waals surface area contributed by atoms with Gasteiger partial charge >= 0.3 is 0 Å². The second-order valence-electron chi connectivity index (χ2n) is 7.57. The Hall–Kier alpha value is -2.77. The van der Waals surface area contributed by atoms with Gasteiger partial charge < -0.3 is 14.6 Å². The molecule has 0 bridgehead atoms. The summed E-state index contributed by atoms with van der Waals surface area (Å²) in [5.74, 6) is 0.797. The molecule has 0 radical (unpaired) electrons. The number of sulfonamides is 1. The van der Waals surface area contributed by atoms with Crippen LogP contribution < -0.4 is 10.1 Å². The molecule has 0 atom stereocenters. The van der Waals surface area contributed by atoms with Gasteiger partial charge in [0.2, 0.25) is 10.0 Å². The van der Waals surface area contributed by atoms with E-state index in [9.17, 15) is 8.42 Å². The van der Waals surface area contributed by atoms with Crippen molar-refractivity contribution in [1.29, 1.82) is 0 Å². The highest BCUT2D eigenvalue weighted by atomic mass is 32.2. The Balaban J connectivity index is 1.46. The third-order valence-corrected chi connectivity index (χ3v) is 7.95. The lowest BCUT2D eigenvalue weighted by Crippen LogP contribution is -2.50. The molecule has 1 aromatic heterocycles. The van der Waals surface area contributed by atoms with Crippen molar-refractivity contribution in [2.75, 3.05) is 25.5 Å². The number of hydrogen-bond acceptors (Lipinski definition) is 4. The van der Waals surface area contributed by atoms with E-state index in [0.717, 1.165) is 17.1 Å². The Labute approximate surface area is 170 Å². The van der Waals surface area contributed by atoms with Gasteiger partial charge in [-0.3, -0.25) is 0 Å². The first-order chi connectivity index (χ1) is 14.0. The number of methoxy groups -OCH3 is 1. The molecule has 5 rings (SSSR count). The normalized spacial score (nSPS) is 18.0. The van der Waals surface area contributed by atoms with E-state index in [1.807, 2.05) is 30.3 Å². The molecule has 1 saturated heterocycles. The SMILES string of the molecule is COc1ccc2c(c1)NC1(CCN(S(=O)(=O)c3ccccc3)CC1)c1cccn1-2. The number of nitrogens with one attached hydrogen (secondary N) is 1. The maximum absolute atomic E-state index is 13.0. The summed E-state index contributed by atoms with van der Waals surface area (Å²) in [5, 5.41) is 3.72. The van der Waals surface area contributed by atoms with Crippen molar-refractivity contribution >= 4 is 15.7 Å². The summed E-state index contributed by atoms with van der Waals surface area (Å²) >= 11 is 0. The molecule has 2 aliphatic heterocycles. The molecule has 0 unspecified atom stereocenters. The van der Waals surface area contributed by atoms with Crippen LogP contribution in [0.2, 0.25) is 0 Å². The van der Waals surface area contributed by atoms with Crippen LogP contribution in [-0.2, 0) is 15.6 Å². The molecule has 0 amide bonds. The lowest BCUT2D eigenvalue weighted by atomic mass is 9.83. The van der Waals surface area contributed by atoms with Crippen LogP contribution in [0.3, 0.4) is 0 Å². The number of ether oxygens (including phenoxy) is 1. The van der Waals surface area contributed by atoms with E-state index in [-0.39, 0.29) is 5.54 Å². The van der Waals surface area contributed by atoms with E-state index in [4.69, 9.17) is 4.74 Å². The first kappa shape index (κ1) is 18.3. The fourth-order valence-corrected chi connectivity index (χ4v) is 5.95.